The lowest BCUT2D eigenvalue weighted by Gasteiger charge is -2.41. The molecule has 13 heteroatoms. The van der Waals surface area contributed by atoms with Crippen LogP contribution in [-0.2, 0) is 42.8 Å². The summed E-state index contributed by atoms with van der Waals surface area (Å²) in [4.78, 5) is 13.1. The first-order valence-corrected chi connectivity index (χ1v) is 10.7. The zero-order valence-corrected chi connectivity index (χ0v) is 18.7. The number of methoxy groups -OCH3 is 3. The number of esters is 1. The molecule has 31 heavy (non-hydrogen) atoms. The van der Waals surface area contributed by atoms with E-state index in [-0.39, 0.29) is 37.9 Å². The highest BCUT2D eigenvalue weighted by atomic mass is 32.2. The lowest BCUT2D eigenvalue weighted by molar-refractivity contribution is -0.174. The molecule has 2 aliphatic rings. The molecule has 0 radical (unpaired) electrons. The minimum atomic E-state index is -5.93. The average Bonchev–Trinajstić information content (AvgIpc) is 2.83. The van der Waals surface area contributed by atoms with Crippen molar-refractivity contribution in [1.82, 2.24) is 0 Å². The van der Waals surface area contributed by atoms with E-state index >= 15 is 0 Å². The highest BCUT2D eigenvalue weighted by Gasteiger charge is 2.69. The monoisotopic (exact) mass is 476 g/mol. The molecule has 2 aliphatic carbocycles. The Morgan fingerprint density at radius 2 is 1.77 bits per heavy atom. The summed E-state index contributed by atoms with van der Waals surface area (Å²) in [6, 6.07) is 0. The smallest absolute Gasteiger partial charge is 0.468 e. The maximum Gasteiger partial charge on any atom is 0.534 e. The molecule has 0 spiro atoms. The van der Waals surface area contributed by atoms with Gasteiger partial charge in [-0.05, 0) is 38.7 Å². The van der Waals surface area contributed by atoms with E-state index in [0.717, 1.165) is 14.0 Å². The normalized spacial score (nSPS) is 32.6. The second-order valence-electron chi connectivity index (χ2n) is 7.66. The fraction of sp³-hybridized carbons (Fsp3) is 0.833. The number of alkyl halides is 3. The maximum absolute atomic E-state index is 13.1. The van der Waals surface area contributed by atoms with Gasteiger partial charge in [-0.15, -0.1) is 0 Å². The van der Waals surface area contributed by atoms with Gasteiger partial charge in [-0.2, -0.15) is 21.6 Å². The molecule has 2 saturated carbocycles. The summed E-state index contributed by atoms with van der Waals surface area (Å²) in [5.74, 6) is -1.73. The minimum absolute atomic E-state index is 0.0445. The van der Waals surface area contributed by atoms with E-state index in [2.05, 4.69) is 4.18 Å². The van der Waals surface area contributed by atoms with Crippen molar-refractivity contribution in [3.05, 3.63) is 11.3 Å². The number of hydrogen-bond acceptors (Lipinski definition) is 9. The molecule has 0 heterocycles. The molecule has 180 valence electrons. The van der Waals surface area contributed by atoms with E-state index in [4.69, 9.17) is 23.7 Å². The summed E-state index contributed by atoms with van der Waals surface area (Å²) in [5.41, 5.74) is -8.19. The van der Waals surface area contributed by atoms with Crippen LogP contribution in [0, 0.1) is 11.3 Å². The van der Waals surface area contributed by atoms with Crippen molar-refractivity contribution in [2.75, 3.05) is 34.9 Å². The van der Waals surface area contributed by atoms with Crippen molar-refractivity contribution < 1.29 is 54.3 Å². The van der Waals surface area contributed by atoms with Gasteiger partial charge in [0, 0.05) is 20.1 Å². The van der Waals surface area contributed by atoms with Gasteiger partial charge in [-0.3, -0.25) is 4.79 Å². The number of hydrogen-bond donors (Lipinski definition) is 0. The predicted molar refractivity (Wildman–Crippen MR) is 98.7 cm³/mol. The molecule has 0 aromatic heterocycles. The highest BCUT2D eigenvalue weighted by Crippen LogP contribution is 2.62. The van der Waals surface area contributed by atoms with Crippen LogP contribution in [-0.4, -0.2) is 66.5 Å². The Morgan fingerprint density at radius 1 is 1.16 bits per heavy atom. The van der Waals surface area contributed by atoms with Gasteiger partial charge in [-0.1, -0.05) is 0 Å². The molecule has 0 N–H and O–H groups in total. The Hall–Kier alpha value is -1.41. The number of ether oxygens (including phenoxy) is 5. The van der Waals surface area contributed by atoms with Crippen LogP contribution in [0.3, 0.4) is 0 Å². The van der Waals surface area contributed by atoms with Crippen LogP contribution in [0.4, 0.5) is 13.2 Å². The fourth-order valence-corrected chi connectivity index (χ4v) is 5.23. The van der Waals surface area contributed by atoms with Gasteiger partial charge in [0.1, 0.15) is 24.8 Å². The summed E-state index contributed by atoms with van der Waals surface area (Å²) >= 11 is 0. The number of rotatable bonds is 9. The van der Waals surface area contributed by atoms with Crippen LogP contribution in [0.1, 0.15) is 33.1 Å². The Kier molecular flexibility index (Phi) is 7.69. The summed E-state index contributed by atoms with van der Waals surface area (Å²) < 4.78 is 92.8. The van der Waals surface area contributed by atoms with Crippen molar-refractivity contribution in [3.63, 3.8) is 0 Å². The number of carbonyl (C=O) groups is 1. The van der Waals surface area contributed by atoms with Crippen LogP contribution < -0.4 is 0 Å². The van der Waals surface area contributed by atoms with E-state index < -0.39 is 44.5 Å². The summed E-state index contributed by atoms with van der Waals surface area (Å²) in [5, 5.41) is 0. The van der Waals surface area contributed by atoms with Gasteiger partial charge >= 0.3 is 21.6 Å². The zero-order valence-electron chi connectivity index (χ0n) is 17.9. The highest BCUT2D eigenvalue weighted by molar-refractivity contribution is 7.87. The van der Waals surface area contributed by atoms with Crippen molar-refractivity contribution in [3.8, 4) is 0 Å². The van der Waals surface area contributed by atoms with Gasteiger partial charge in [0.2, 0.25) is 0 Å². The third kappa shape index (κ3) is 4.56. The minimum Gasteiger partial charge on any atom is -0.468 e. The number of allylic oxidation sites excluding steroid dienone is 1. The molecular formula is C18H27F3O9S. The SMILES string of the molecule is COCO[C@@H]1[C@H]2CC/C(=C(/C)OS(=O)(=O)C(F)(F)F)[C@]1(C(=O)OC)C[C@@]2(C)OCOC. The molecule has 4 atom stereocenters. The van der Waals surface area contributed by atoms with Crippen molar-refractivity contribution >= 4 is 16.1 Å². The molecule has 0 saturated heterocycles. The quantitative estimate of drug-likeness (QED) is 0.163. The molecule has 2 bridgehead atoms. The Labute approximate surface area is 178 Å². The average molecular weight is 476 g/mol. The molecule has 0 aromatic carbocycles. The Bertz CT molecular complexity index is 811. The first-order valence-electron chi connectivity index (χ1n) is 9.33. The summed E-state index contributed by atoms with van der Waals surface area (Å²) in [6.07, 6.45) is -0.553. The third-order valence-corrected chi connectivity index (χ3v) is 6.91. The van der Waals surface area contributed by atoms with Crippen LogP contribution in [0.5, 0.6) is 0 Å². The molecule has 2 rings (SSSR count). The van der Waals surface area contributed by atoms with E-state index in [0.29, 0.717) is 6.42 Å². The summed E-state index contributed by atoms with van der Waals surface area (Å²) in [7, 11) is -2.01. The molecular weight excluding hydrogens is 449 g/mol. The van der Waals surface area contributed by atoms with Crippen LogP contribution in [0.25, 0.3) is 0 Å². The van der Waals surface area contributed by atoms with Crippen LogP contribution in [0.15, 0.2) is 11.3 Å². The number of carbonyl (C=O) groups excluding carboxylic acids is 1. The van der Waals surface area contributed by atoms with Crippen LogP contribution >= 0.6 is 0 Å². The van der Waals surface area contributed by atoms with E-state index in [9.17, 15) is 26.4 Å². The first kappa shape index (κ1) is 25.8. The van der Waals surface area contributed by atoms with Gasteiger partial charge in [0.25, 0.3) is 0 Å². The predicted octanol–water partition coefficient (Wildman–Crippen LogP) is 2.47. The van der Waals surface area contributed by atoms with Gasteiger partial charge in [0.15, 0.2) is 0 Å². The molecule has 0 aromatic rings. The topological polar surface area (TPSA) is 107 Å². The second kappa shape index (κ2) is 9.22. The van der Waals surface area contributed by atoms with Crippen molar-refractivity contribution in [2.24, 2.45) is 11.3 Å². The largest absolute Gasteiger partial charge is 0.534 e. The lowest BCUT2D eigenvalue weighted by Crippen LogP contribution is -2.48. The van der Waals surface area contributed by atoms with E-state index in [1.54, 1.807) is 6.92 Å². The third-order valence-electron chi connectivity index (χ3n) is 5.87. The number of halogens is 3. The maximum atomic E-state index is 13.1. The zero-order chi connectivity index (χ0) is 23.7. The van der Waals surface area contributed by atoms with Gasteiger partial charge in [-0.25, -0.2) is 0 Å². The second-order valence-corrected chi connectivity index (χ2v) is 9.20. The van der Waals surface area contributed by atoms with Gasteiger partial charge < -0.3 is 27.9 Å². The standard InChI is InChI=1S/C18H27F3O9S/c1-11(30-31(23,24)18(19,20)21)12-6-7-13-14(28-9-25-3)17(12,15(22)27-5)8-16(13,2)29-10-26-4/h13-14H,6-10H2,1-5H3/b12-11+/t13-,14-,16-,17-/m1/s1. The van der Waals surface area contributed by atoms with E-state index in [1.165, 1.54) is 14.2 Å². The van der Waals surface area contributed by atoms with Crippen molar-refractivity contribution in [1.29, 1.82) is 0 Å². The Balaban J connectivity index is 2.64. The molecule has 9 nitrogen and oxygen atoms in total. The fourth-order valence-electron chi connectivity index (χ4n) is 4.70. The summed E-state index contributed by atoms with van der Waals surface area (Å²) in [6.45, 7) is 2.49. The molecule has 0 unspecified atom stereocenters. The molecule has 0 amide bonds. The first-order chi connectivity index (χ1) is 14.3. The Morgan fingerprint density at radius 3 is 2.29 bits per heavy atom. The number of fused-ring (bicyclic) bond motifs is 2. The molecule has 2 fully saturated rings. The lowest BCUT2D eigenvalue weighted by atomic mass is 9.69. The van der Waals surface area contributed by atoms with Gasteiger partial charge in [0.05, 0.1) is 18.8 Å². The van der Waals surface area contributed by atoms with E-state index in [1.807, 2.05) is 0 Å². The molecule has 0 aliphatic heterocycles. The van der Waals surface area contributed by atoms with Crippen LogP contribution in [0.2, 0.25) is 0 Å². The van der Waals surface area contributed by atoms with Crippen molar-refractivity contribution in [2.45, 2.75) is 50.3 Å².